The zero-order chi connectivity index (χ0) is 16.9. The fraction of sp³-hybridized carbons (Fsp3) is 0.316. The van der Waals surface area contributed by atoms with Gasteiger partial charge in [-0.3, -0.25) is 0 Å². The number of imidazole rings is 1. The highest BCUT2D eigenvalue weighted by Gasteiger charge is 2.16. The fourth-order valence-corrected chi connectivity index (χ4v) is 2.71. The first-order valence-corrected chi connectivity index (χ1v) is 8.13. The van der Waals surface area contributed by atoms with Gasteiger partial charge in [0.2, 0.25) is 0 Å². The van der Waals surface area contributed by atoms with Crippen molar-refractivity contribution in [2.24, 2.45) is 0 Å². The van der Waals surface area contributed by atoms with Gasteiger partial charge in [0.15, 0.2) is 0 Å². The molecule has 1 aromatic heterocycles. The Morgan fingerprint density at radius 2 is 1.92 bits per heavy atom. The Morgan fingerprint density at radius 1 is 1.12 bits per heavy atom. The molecule has 0 aliphatic rings. The van der Waals surface area contributed by atoms with E-state index in [0.29, 0.717) is 25.4 Å². The van der Waals surface area contributed by atoms with Crippen molar-refractivity contribution in [3.63, 3.8) is 0 Å². The van der Waals surface area contributed by atoms with Gasteiger partial charge in [0.25, 0.3) is 0 Å². The van der Waals surface area contributed by atoms with Gasteiger partial charge in [-0.05, 0) is 30.7 Å². The molecule has 0 saturated heterocycles. The number of fused-ring (bicyclic) bond motifs is 1. The van der Waals surface area contributed by atoms with Crippen LogP contribution >= 0.6 is 0 Å². The van der Waals surface area contributed by atoms with Gasteiger partial charge in [-0.15, -0.1) is 0 Å². The van der Waals surface area contributed by atoms with E-state index in [9.17, 15) is 5.11 Å². The quantitative estimate of drug-likeness (QED) is 0.721. The van der Waals surface area contributed by atoms with E-state index in [4.69, 9.17) is 9.47 Å². The predicted molar refractivity (Wildman–Crippen MR) is 93.5 cm³/mol. The number of rotatable bonds is 7. The summed E-state index contributed by atoms with van der Waals surface area (Å²) in [6.45, 7) is 3.04. The maximum absolute atomic E-state index is 10.3. The molecule has 3 aromatic rings. The van der Waals surface area contributed by atoms with Gasteiger partial charge in [-0.25, -0.2) is 4.98 Å². The van der Waals surface area contributed by atoms with E-state index < -0.39 is 6.10 Å². The summed E-state index contributed by atoms with van der Waals surface area (Å²) < 4.78 is 13.1. The van der Waals surface area contributed by atoms with Crippen LogP contribution in [0.2, 0.25) is 0 Å². The molecule has 0 fully saturated rings. The van der Waals surface area contributed by atoms with Gasteiger partial charge in [-0.1, -0.05) is 25.1 Å². The average Bonchev–Trinajstić information content (AvgIpc) is 3.00. The number of hydrogen-bond acceptors (Lipinski definition) is 4. The summed E-state index contributed by atoms with van der Waals surface area (Å²) in [6.07, 6.45) is 0.0503. The lowest BCUT2D eigenvalue weighted by Crippen LogP contribution is -2.13. The minimum absolute atomic E-state index is 0.483. The number of benzene rings is 2. The molecule has 0 aliphatic carbocycles. The first-order chi connectivity index (χ1) is 11.7. The van der Waals surface area contributed by atoms with Gasteiger partial charge in [0.05, 0.1) is 24.7 Å². The Balaban J connectivity index is 1.78. The summed E-state index contributed by atoms with van der Waals surface area (Å²) >= 11 is 0. The van der Waals surface area contributed by atoms with Crippen LogP contribution < -0.4 is 9.47 Å². The van der Waals surface area contributed by atoms with Crippen LogP contribution in [-0.2, 0) is 6.54 Å². The Morgan fingerprint density at radius 3 is 2.71 bits per heavy atom. The van der Waals surface area contributed by atoms with E-state index in [-0.39, 0.29) is 0 Å². The Bertz CT molecular complexity index is 813. The molecule has 0 amide bonds. The highest BCUT2D eigenvalue weighted by atomic mass is 16.5. The maximum atomic E-state index is 10.3. The number of ether oxygens (including phenoxy) is 2. The second-order valence-corrected chi connectivity index (χ2v) is 5.56. The lowest BCUT2D eigenvalue weighted by atomic mass is 10.2. The molecule has 1 N–H and O–H groups in total. The van der Waals surface area contributed by atoms with Crippen molar-refractivity contribution in [3.8, 4) is 11.5 Å². The number of para-hydroxylation sites is 2. The monoisotopic (exact) mass is 326 g/mol. The second-order valence-electron chi connectivity index (χ2n) is 5.56. The third-order valence-corrected chi connectivity index (χ3v) is 3.99. The second kappa shape index (κ2) is 7.36. The Kier molecular flexibility index (Phi) is 5.01. The highest BCUT2D eigenvalue weighted by Crippen LogP contribution is 2.23. The van der Waals surface area contributed by atoms with Crippen molar-refractivity contribution in [1.29, 1.82) is 0 Å². The fourth-order valence-electron chi connectivity index (χ4n) is 2.71. The summed E-state index contributed by atoms with van der Waals surface area (Å²) in [5.41, 5.74) is 1.90. The minimum Gasteiger partial charge on any atom is -0.497 e. The van der Waals surface area contributed by atoms with Crippen LogP contribution in [0.25, 0.3) is 11.0 Å². The van der Waals surface area contributed by atoms with Crippen LogP contribution in [0.1, 0.15) is 25.3 Å². The first kappa shape index (κ1) is 16.3. The van der Waals surface area contributed by atoms with Crippen LogP contribution in [-0.4, -0.2) is 28.4 Å². The molecule has 0 radical (unpaired) electrons. The standard InChI is InChI=1S/C19H22N2O3/c1-3-18(22)19-20-16-9-4-5-10-17(16)21(19)11-12-24-15-8-6-7-14(13-15)23-2/h4-10,13,18,22H,3,11-12H2,1-2H3/t18-/m1/s1. The lowest BCUT2D eigenvalue weighted by Gasteiger charge is -2.13. The topological polar surface area (TPSA) is 56.5 Å². The zero-order valence-electron chi connectivity index (χ0n) is 14.0. The molecule has 1 atom stereocenters. The summed E-state index contributed by atoms with van der Waals surface area (Å²) in [5.74, 6) is 2.21. The molecule has 1 heterocycles. The summed E-state index contributed by atoms with van der Waals surface area (Å²) in [5, 5.41) is 10.3. The minimum atomic E-state index is -0.575. The number of nitrogens with zero attached hydrogens (tertiary/aromatic N) is 2. The van der Waals surface area contributed by atoms with Crippen LogP contribution in [0.4, 0.5) is 0 Å². The molecule has 126 valence electrons. The molecule has 0 unspecified atom stereocenters. The van der Waals surface area contributed by atoms with Gasteiger partial charge >= 0.3 is 0 Å². The highest BCUT2D eigenvalue weighted by molar-refractivity contribution is 5.76. The number of hydrogen-bond donors (Lipinski definition) is 1. The lowest BCUT2D eigenvalue weighted by molar-refractivity contribution is 0.157. The molecule has 0 aliphatic heterocycles. The van der Waals surface area contributed by atoms with Crippen LogP contribution in [0.15, 0.2) is 48.5 Å². The van der Waals surface area contributed by atoms with Crippen LogP contribution in [0.5, 0.6) is 11.5 Å². The van der Waals surface area contributed by atoms with E-state index in [0.717, 1.165) is 22.5 Å². The molecular weight excluding hydrogens is 304 g/mol. The zero-order valence-corrected chi connectivity index (χ0v) is 14.0. The van der Waals surface area contributed by atoms with Gasteiger partial charge < -0.3 is 19.1 Å². The van der Waals surface area contributed by atoms with Crippen molar-refractivity contribution >= 4 is 11.0 Å². The maximum Gasteiger partial charge on any atom is 0.138 e. The van der Waals surface area contributed by atoms with Crippen molar-refractivity contribution in [1.82, 2.24) is 9.55 Å². The Labute approximate surface area is 141 Å². The summed E-state index contributed by atoms with van der Waals surface area (Å²) in [6, 6.07) is 15.4. The summed E-state index contributed by atoms with van der Waals surface area (Å²) in [4.78, 5) is 4.57. The van der Waals surface area contributed by atoms with E-state index in [1.165, 1.54) is 0 Å². The van der Waals surface area contributed by atoms with E-state index >= 15 is 0 Å². The van der Waals surface area contributed by atoms with Crippen molar-refractivity contribution in [3.05, 3.63) is 54.4 Å². The average molecular weight is 326 g/mol. The van der Waals surface area contributed by atoms with Gasteiger partial charge in [-0.2, -0.15) is 0 Å². The van der Waals surface area contributed by atoms with Crippen molar-refractivity contribution in [2.75, 3.05) is 13.7 Å². The van der Waals surface area contributed by atoms with Crippen molar-refractivity contribution < 1.29 is 14.6 Å². The van der Waals surface area contributed by atoms with Gasteiger partial charge in [0, 0.05) is 6.07 Å². The molecule has 24 heavy (non-hydrogen) atoms. The summed E-state index contributed by atoms with van der Waals surface area (Å²) in [7, 11) is 1.63. The predicted octanol–water partition coefficient (Wildman–Crippen LogP) is 3.57. The molecule has 2 aromatic carbocycles. The number of methoxy groups -OCH3 is 1. The molecular formula is C19H22N2O3. The molecule has 3 rings (SSSR count). The third-order valence-electron chi connectivity index (χ3n) is 3.99. The van der Waals surface area contributed by atoms with E-state index in [1.807, 2.05) is 60.0 Å². The van der Waals surface area contributed by atoms with E-state index in [2.05, 4.69) is 4.98 Å². The van der Waals surface area contributed by atoms with Crippen molar-refractivity contribution in [2.45, 2.75) is 26.0 Å². The third kappa shape index (κ3) is 3.36. The molecule has 5 heteroatoms. The molecule has 0 spiro atoms. The smallest absolute Gasteiger partial charge is 0.138 e. The number of aliphatic hydroxyl groups is 1. The Hall–Kier alpha value is -2.53. The van der Waals surface area contributed by atoms with E-state index in [1.54, 1.807) is 7.11 Å². The van der Waals surface area contributed by atoms with Crippen LogP contribution in [0.3, 0.4) is 0 Å². The normalized spacial score (nSPS) is 12.3. The first-order valence-electron chi connectivity index (χ1n) is 8.13. The number of aromatic nitrogens is 2. The van der Waals surface area contributed by atoms with Gasteiger partial charge in [0.1, 0.15) is 30.0 Å². The SMILES string of the molecule is CC[C@@H](O)c1nc2ccccc2n1CCOc1cccc(OC)c1. The largest absolute Gasteiger partial charge is 0.497 e. The van der Waals surface area contributed by atoms with Crippen LogP contribution in [0, 0.1) is 0 Å². The number of aliphatic hydroxyl groups excluding tert-OH is 1. The molecule has 5 nitrogen and oxygen atoms in total. The molecule has 0 saturated carbocycles. The molecule has 0 bridgehead atoms.